The molecule has 0 bridgehead atoms. The Bertz CT molecular complexity index is 2800. The highest BCUT2D eigenvalue weighted by Crippen LogP contribution is 2.36. The lowest BCUT2D eigenvalue weighted by molar-refractivity contribution is -0.121. The van der Waals surface area contributed by atoms with Crippen LogP contribution in [0.15, 0.2) is 143 Å². The van der Waals surface area contributed by atoms with Crippen molar-refractivity contribution in [3.63, 3.8) is 0 Å². The second-order valence-electron chi connectivity index (χ2n) is 22.7. The van der Waals surface area contributed by atoms with Gasteiger partial charge in [0.25, 0.3) is 5.91 Å². The number of hydrogen-bond acceptors (Lipinski definition) is 9. The summed E-state index contributed by atoms with van der Waals surface area (Å²) in [5, 5.41) is 2.98. The predicted octanol–water partition coefficient (Wildman–Crippen LogP) is 15.3. The molecule has 6 rings (SSSR count). The Labute approximate surface area is 478 Å². The summed E-state index contributed by atoms with van der Waals surface area (Å²) in [5.74, 6) is 3.38. The zero-order chi connectivity index (χ0) is 60.3. The van der Waals surface area contributed by atoms with Crippen molar-refractivity contribution < 1.29 is 32.8 Å². The van der Waals surface area contributed by atoms with Crippen LogP contribution in [0.25, 0.3) is 4.85 Å². The first-order valence-electron chi connectivity index (χ1n) is 28.1. The first kappa shape index (κ1) is 68.6. The van der Waals surface area contributed by atoms with Crippen LogP contribution >= 0.6 is 0 Å². The highest BCUT2D eigenvalue weighted by molar-refractivity contribution is 5.96. The van der Waals surface area contributed by atoms with Gasteiger partial charge in [0.2, 0.25) is 24.2 Å². The van der Waals surface area contributed by atoms with Crippen LogP contribution in [0.5, 0.6) is 0 Å². The molecule has 0 saturated carbocycles. The fourth-order valence-corrected chi connectivity index (χ4v) is 9.27. The second-order valence-corrected chi connectivity index (χ2v) is 22.7. The van der Waals surface area contributed by atoms with E-state index in [1.54, 1.807) is 0 Å². The number of carbonyl (C=O) groups is 5. The molecule has 0 aliphatic carbocycles. The fourth-order valence-electron chi connectivity index (χ4n) is 9.27. The predicted molar refractivity (Wildman–Crippen MR) is 323 cm³/mol. The molecule has 0 radical (unpaired) electrons. The standard InChI is InChI=1S/C17H19NO.C14H17NO.C13H21NO2.C12H20N2O2.C11H15NO/c1-13(2)16(14-9-5-3-6-10-14)17(19)18-15-11-7-4-8-12-15;1-11(2)14(13(16)9-10-15-3)12-7-5-4-6-8-12;1-6-11(9(4)8(2)3)13-14-12(7-16-13)10(5)15;1-7(2)8(3)12(4,5)11-14-9(6-16-11)10(13)15;1-8(2)10(11(12)13)9-6-4-3-5-7-9/h3-13,16H,1-2H3,(H,18,19);4-8,11,14H,9-10H2,1-2H3;7-9,11H,6H2,1-5H3;6-8H,1-5H3,(H2,13,15);3-8,10H,1-2H3,(H2,12,13)/t16-;14-;9-,11+;8-;10-/m00000/s1. The van der Waals surface area contributed by atoms with Gasteiger partial charge < -0.3 is 30.5 Å². The minimum Gasteiger partial charge on any atom is -0.448 e. The first-order valence-corrected chi connectivity index (χ1v) is 28.1. The number of oxazole rings is 2. The highest BCUT2D eigenvalue weighted by Gasteiger charge is 2.35. The van der Waals surface area contributed by atoms with E-state index in [9.17, 15) is 24.0 Å². The van der Waals surface area contributed by atoms with Crippen LogP contribution in [-0.2, 0) is 19.8 Å². The van der Waals surface area contributed by atoms with Crippen molar-refractivity contribution >= 4 is 35.0 Å². The number of rotatable bonds is 21. The number of ketones is 2. The quantitative estimate of drug-likeness (QED) is 0.0462. The Balaban J connectivity index is 0.000000343. The van der Waals surface area contributed by atoms with Gasteiger partial charge in [-0.25, -0.2) is 16.5 Å². The van der Waals surface area contributed by atoms with E-state index in [4.69, 9.17) is 26.9 Å². The zero-order valence-electron chi connectivity index (χ0n) is 50.5. The van der Waals surface area contributed by atoms with Gasteiger partial charge in [0, 0.05) is 29.9 Å². The summed E-state index contributed by atoms with van der Waals surface area (Å²) in [6.07, 6.45) is 4.14. The molecular weight excluding hydrogens is 1000 g/mol. The Kier molecular flexibility index (Phi) is 29.6. The number of nitrogens with zero attached hydrogens (tertiary/aromatic N) is 3. The van der Waals surface area contributed by atoms with Crippen molar-refractivity contribution in [1.82, 2.24) is 9.97 Å². The van der Waals surface area contributed by atoms with Gasteiger partial charge in [-0.3, -0.25) is 24.0 Å². The fraction of sp³-hybridized carbons (Fsp3) is 0.463. The molecule has 0 unspecified atom stereocenters. The monoisotopic (exact) mass is 1090 g/mol. The number of benzene rings is 4. The van der Waals surface area contributed by atoms with Gasteiger partial charge in [-0.1, -0.05) is 213 Å². The Hall–Kier alpha value is -7.46. The SMILES string of the molecule is CC(C)[C@H](C(=O)Nc1ccccc1)c1ccccc1.CC(C)[C@H](C(N)=O)c1ccccc1.CC(C)[C@H](C)C(C)(C)c1nc(C(N)=O)co1.CC[C@@H](c1nc(C(C)=O)co1)[C@@H](C)C(C)C.[C-]#[N+]CCC(=O)[C@H](c1ccccc1)C(C)C. The third kappa shape index (κ3) is 22.0. The third-order valence-corrected chi connectivity index (χ3v) is 14.7. The van der Waals surface area contributed by atoms with E-state index in [2.05, 4.69) is 96.3 Å². The van der Waals surface area contributed by atoms with Gasteiger partial charge in [-0.2, -0.15) is 0 Å². The minimum absolute atomic E-state index is 0.0398. The van der Waals surface area contributed by atoms with Crippen LogP contribution in [0.1, 0.15) is 197 Å². The zero-order valence-corrected chi connectivity index (χ0v) is 50.5. The molecule has 2 heterocycles. The van der Waals surface area contributed by atoms with Crippen molar-refractivity contribution in [1.29, 1.82) is 0 Å². The van der Waals surface area contributed by atoms with E-state index >= 15 is 0 Å². The molecule has 13 nitrogen and oxygen atoms in total. The average molecular weight is 1090 g/mol. The number of aromatic nitrogens is 2. The number of carbonyl (C=O) groups excluding carboxylic acids is 5. The molecule has 0 saturated heterocycles. The first-order chi connectivity index (χ1) is 37.7. The average Bonchev–Trinajstić information content (AvgIpc) is 4.13. The highest BCUT2D eigenvalue weighted by atomic mass is 16.3. The molecule has 6 aromatic rings. The minimum atomic E-state index is -0.553. The Morgan fingerprint density at radius 3 is 1.39 bits per heavy atom. The van der Waals surface area contributed by atoms with Crippen molar-refractivity contribution in [3.8, 4) is 0 Å². The molecule has 3 amide bonds. The molecule has 4 aromatic carbocycles. The topological polar surface area (TPSA) is 206 Å². The summed E-state index contributed by atoms with van der Waals surface area (Å²) in [4.78, 5) is 69.4. The maximum absolute atomic E-state index is 12.4. The molecule has 0 fully saturated rings. The maximum atomic E-state index is 12.4. The molecule has 0 aliphatic rings. The van der Waals surface area contributed by atoms with Gasteiger partial charge in [0.05, 0.1) is 18.3 Å². The van der Waals surface area contributed by atoms with Crippen LogP contribution in [0.4, 0.5) is 5.69 Å². The molecular formula is C67H92N6O7. The lowest BCUT2D eigenvalue weighted by Gasteiger charge is -2.31. The van der Waals surface area contributed by atoms with Gasteiger partial charge in [0.15, 0.2) is 17.4 Å². The molecule has 0 aliphatic heterocycles. The lowest BCUT2D eigenvalue weighted by Crippen LogP contribution is -2.30. The summed E-state index contributed by atoms with van der Waals surface area (Å²) in [5.41, 5.74) is 14.9. The van der Waals surface area contributed by atoms with Gasteiger partial charge in [-0.05, 0) is 76.7 Å². The number of hydrogen-bond donors (Lipinski definition) is 3. The molecule has 6 atom stereocenters. The van der Waals surface area contributed by atoms with Crippen LogP contribution in [-0.4, -0.2) is 45.8 Å². The summed E-state index contributed by atoms with van der Waals surface area (Å²) in [7, 11) is 0. The maximum Gasteiger partial charge on any atom is 0.270 e. The molecule has 80 heavy (non-hydrogen) atoms. The van der Waals surface area contributed by atoms with Crippen molar-refractivity contribution in [2.75, 3.05) is 11.9 Å². The molecule has 432 valence electrons. The van der Waals surface area contributed by atoms with Crippen molar-refractivity contribution in [2.45, 2.75) is 153 Å². The van der Waals surface area contributed by atoms with E-state index in [1.807, 2.05) is 149 Å². The van der Waals surface area contributed by atoms with Gasteiger partial charge in [-0.15, -0.1) is 0 Å². The van der Waals surface area contributed by atoms with Gasteiger partial charge in [0.1, 0.15) is 24.0 Å². The summed E-state index contributed by atoms with van der Waals surface area (Å²) < 4.78 is 10.8. The Morgan fingerprint density at radius 2 is 1.02 bits per heavy atom. The van der Waals surface area contributed by atoms with Crippen LogP contribution in [0.2, 0.25) is 0 Å². The third-order valence-electron chi connectivity index (χ3n) is 14.7. The number of anilines is 1. The Morgan fingerprint density at radius 1 is 0.588 bits per heavy atom. The summed E-state index contributed by atoms with van der Waals surface area (Å²) >= 11 is 0. The molecule has 2 aromatic heterocycles. The van der Waals surface area contributed by atoms with E-state index < -0.39 is 5.91 Å². The van der Waals surface area contributed by atoms with Gasteiger partial charge >= 0.3 is 0 Å². The molecule has 0 spiro atoms. The number of nitrogens with one attached hydrogen (secondary N) is 1. The summed E-state index contributed by atoms with van der Waals surface area (Å²) in [6.45, 7) is 40.1. The van der Waals surface area contributed by atoms with Crippen LogP contribution < -0.4 is 16.8 Å². The van der Waals surface area contributed by atoms with E-state index in [0.29, 0.717) is 60.0 Å². The number of amides is 3. The van der Waals surface area contributed by atoms with Crippen LogP contribution in [0, 0.1) is 48.0 Å². The van der Waals surface area contributed by atoms with Crippen LogP contribution in [0.3, 0.4) is 0 Å². The lowest BCUT2D eigenvalue weighted by atomic mass is 9.74. The van der Waals surface area contributed by atoms with Crippen molar-refractivity contribution in [3.05, 3.63) is 185 Å². The van der Waals surface area contributed by atoms with E-state index in [-0.39, 0.29) is 70.0 Å². The molecule has 5 N–H and O–H groups in total. The number of nitrogens with two attached hydrogens (primary N) is 2. The normalized spacial score (nSPS) is 13.2. The van der Waals surface area contributed by atoms with E-state index in [0.717, 1.165) is 28.8 Å². The smallest absolute Gasteiger partial charge is 0.270 e. The van der Waals surface area contributed by atoms with Crippen molar-refractivity contribution in [2.24, 2.45) is 52.9 Å². The largest absolute Gasteiger partial charge is 0.448 e. The second kappa shape index (κ2) is 34.5. The number of para-hydroxylation sites is 1. The van der Waals surface area contributed by atoms with E-state index in [1.165, 1.54) is 19.5 Å². The molecule has 13 heteroatoms. The number of Topliss-reactive ketones (excluding diaryl/α,β-unsaturated/α-hetero) is 2. The summed E-state index contributed by atoms with van der Waals surface area (Å²) in [6, 6.07) is 39.0. The number of primary amides is 2.